The van der Waals surface area contributed by atoms with E-state index in [0.717, 1.165) is 12.0 Å². The van der Waals surface area contributed by atoms with Crippen molar-refractivity contribution < 1.29 is 19.0 Å². The monoisotopic (exact) mass is 295 g/mol. The Hall–Kier alpha value is -1.62. The number of amides is 1. The normalized spacial score (nSPS) is 21.8. The number of carbonyl (C=O) groups is 1. The molecule has 0 saturated carbocycles. The first kappa shape index (κ1) is 15.8. The van der Waals surface area contributed by atoms with Gasteiger partial charge in [0, 0.05) is 13.0 Å². The molecule has 1 aromatic carbocycles. The Morgan fingerprint density at radius 1 is 1.38 bits per heavy atom. The zero-order valence-corrected chi connectivity index (χ0v) is 12.5. The maximum Gasteiger partial charge on any atom is 0.410 e. The second-order valence-electron chi connectivity index (χ2n) is 5.64. The van der Waals surface area contributed by atoms with Gasteiger partial charge in [0.2, 0.25) is 0 Å². The summed E-state index contributed by atoms with van der Waals surface area (Å²) in [5.41, 5.74) is 0.885. The summed E-state index contributed by atoms with van der Waals surface area (Å²) in [6, 6.07) is 6.02. The number of benzene rings is 1. The average molecular weight is 295 g/mol. The van der Waals surface area contributed by atoms with Crippen molar-refractivity contribution in [3.8, 4) is 0 Å². The number of hydrogen-bond donors (Lipinski definition) is 1. The van der Waals surface area contributed by atoms with Gasteiger partial charge in [0.1, 0.15) is 11.9 Å². The molecule has 1 aromatic rings. The van der Waals surface area contributed by atoms with Crippen LogP contribution in [0, 0.1) is 5.82 Å². The predicted octanol–water partition coefficient (Wildman–Crippen LogP) is 3.26. The van der Waals surface area contributed by atoms with Gasteiger partial charge < -0.3 is 14.7 Å². The van der Waals surface area contributed by atoms with Gasteiger partial charge >= 0.3 is 6.09 Å². The molecule has 2 rings (SSSR count). The second kappa shape index (κ2) is 6.89. The standard InChI is InChI=1S/C16H22FNO3/c1-11(19)3-8-15-9-10-18(16(20)21-15)12(2)13-4-6-14(17)7-5-13/h4-7,11-12,15,19H,3,8-10H2,1-2H3. The van der Waals surface area contributed by atoms with E-state index in [1.807, 2.05) is 6.92 Å². The zero-order chi connectivity index (χ0) is 15.4. The number of ether oxygens (including phenoxy) is 1. The van der Waals surface area contributed by atoms with Crippen molar-refractivity contribution in [3.63, 3.8) is 0 Å². The highest BCUT2D eigenvalue weighted by Gasteiger charge is 2.30. The molecule has 5 heteroatoms. The lowest BCUT2D eigenvalue weighted by atomic mass is 10.0. The van der Waals surface area contributed by atoms with E-state index in [-0.39, 0.29) is 30.2 Å². The SMILES string of the molecule is CC(O)CCC1CCN(C(C)c2ccc(F)cc2)C(=O)O1. The van der Waals surface area contributed by atoms with Crippen LogP contribution in [0.4, 0.5) is 9.18 Å². The Labute approximate surface area is 124 Å². The Balaban J connectivity index is 1.93. The molecule has 0 radical (unpaired) electrons. The Bertz CT molecular complexity index is 475. The first-order chi connectivity index (χ1) is 9.97. The number of carbonyl (C=O) groups excluding carboxylic acids is 1. The molecular weight excluding hydrogens is 273 g/mol. The highest BCUT2D eigenvalue weighted by atomic mass is 19.1. The van der Waals surface area contributed by atoms with Crippen LogP contribution >= 0.6 is 0 Å². The molecule has 3 atom stereocenters. The summed E-state index contributed by atoms with van der Waals surface area (Å²) < 4.78 is 18.4. The fraction of sp³-hybridized carbons (Fsp3) is 0.562. The molecule has 0 bridgehead atoms. The van der Waals surface area contributed by atoms with Crippen molar-refractivity contribution >= 4 is 6.09 Å². The molecule has 3 unspecified atom stereocenters. The minimum atomic E-state index is -0.375. The van der Waals surface area contributed by atoms with E-state index >= 15 is 0 Å². The first-order valence-corrected chi connectivity index (χ1v) is 7.38. The van der Waals surface area contributed by atoms with Gasteiger partial charge in [-0.25, -0.2) is 9.18 Å². The lowest BCUT2D eigenvalue weighted by Crippen LogP contribution is -2.43. The second-order valence-corrected chi connectivity index (χ2v) is 5.64. The summed E-state index contributed by atoms with van der Waals surface area (Å²) in [6.45, 7) is 4.25. The van der Waals surface area contributed by atoms with Crippen molar-refractivity contribution in [1.29, 1.82) is 0 Å². The van der Waals surface area contributed by atoms with Crippen molar-refractivity contribution in [2.24, 2.45) is 0 Å². The highest BCUT2D eigenvalue weighted by molar-refractivity contribution is 5.69. The molecule has 1 N–H and O–H groups in total. The number of halogens is 1. The van der Waals surface area contributed by atoms with E-state index in [0.29, 0.717) is 19.4 Å². The highest BCUT2D eigenvalue weighted by Crippen LogP contribution is 2.26. The van der Waals surface area contributed by atoms with Gasteiger partial charge in [-0.1, -0.05) is 12.1 Å². The van der Waals surface area contributed by atoms with E-state index in [2.05, 4.69) is 0 Å². The Morgan fingerprint density at radius 3 is 2.62 bits per heavy atom. The van der Waals surface area contributed by atoms with Crippen LogP contribution in [0.15, 0.2) is 24.3 Å². The van der Waals surface area contributed by atoms with Crippen molar-refractivity contribution in [1.82, 2.24) is 4.90 Å². The number of nitrogens with zero attached hydrogens (tertiary/aromatic N) is 1. The van der Waals surface area contributed by atoms with Gasteiger partial charge in [-0.05, 0) is 44.4 Å². The first-order valence-electron chi connectivity index (χ1n) is 7.38. The van der Waals surface area contributed by atoms with Crippen LogP contribution in [0.5, 0.6) is 0 Å². The minimum Gasteiger partial charge on any atom is -0.446 e. The number of hydrogen-bond acceptors (Lipinski definition) is 3. The molecule has 1 amide bonds. The molecule has 1 fully saturated rings. The Kier molecular flexibility index (Phi) is 5.17. The predicted molar refractivity (Wildman–Crippen MR) is 77.3 cm³/mol. The molecule has 1 saturated heterocycles. The summed E-state index contributed by atoms with van der Waals surface area (Å²) in [6.07, 6.45) is 1.23. The fourth-order valence-electron chi connectivity index (χ4n) is 2.55. The van der Waals surface area contributed by atoms with E-state index in [1.54, 1.807) is 24.0 Å². The lowest BCUT2D eigenvalue weighted by Gasteiger charge is -2.36. The number of cyclic esters (lactones) is 1. The molecule has 21 heavy (non-hydrogen) atoms. The third-order valence-corrected chi connectivity index (χ3v) is 3.92. The molecule has 0 aromatic heterocycles. The van der Waals surface area contributed by atoms with E-state index < -0.39 is 0 Å². The third-order valence-electron chi connectivity index (χ3n) is 3.92. The van der Waals surface area contributed by atoms with E-state index in [4.69, 9.17) is 4.74 Å². The quantitative estimate of drug-likeness (QED) is 0.907. The van der Waals surface area contributed by atoms with Crippen molar-refractivity contribution in [2.75, 3.05) is 6.54 Å². The molecule has 1 aliphatic heterocycles. The largest absolute Gasteiger partial charge is 0.446 e. The van der Waals surface area contributed by atoms with Gasteiger partial charge in [-0.15, -0.1) is 0 Å². The molecule has 116 valence electrons. The van der Waals surface area contributed by atoms with Crippen LogP contribution in [-0.4, -0.2) is 34.9 Å². The average Bonchev–Trinajstić information content (AvgIpc) is 2.45. The van der Waals surface area contributed by atoms with Gasteiger partial charge in [-0.2, -0.15) is 0 Å². The number of aliphatic hydroxyl groups is 1. The lowest BCUT2D eigenvalue weighted by molar-refractivity contribution is 0.00465. The van der Waals surface area contributed by atoms with Crippen LogP contribution in [0.3, 0.4) is 0 Å². The summed E-state index contributed by atoms with van der Waals surface area (Å²) >= 11 is 0. The molecule has 1 heterocycles. The zero-order valence-electron chi connectivity index (χ0n) is 12.5. The summed E-state index contributed by atoms with van der Waals surface area (Å²) in [5, 5.41) is 9.28. The van der Waals surface area contributed by atoms with Crippen LogP contribution in [0.25, 0.3) is 0 Å². The van der Waals surface area contributed by atoms with Gasteiger partial charge in [0.25, 0.3) is 0 Å². The van der Waals surface area contributed by atoms with Crippen LogP contribution in [-0.2, 0) is 4.74 Å². The van der Waals surface area contributed by atoms with Crippen LogP contribution in [0.1, 0.15) is 44.7 Å². The van der Waals surface area contributed by atoms with Crippen molar-refractivity contribution in [3.05, 3.63) is 35.6 Å². The summed E-state index contributed by atoms with van der Waals surface area (Å²) in [5.74, 6) is -0.287. The summed E-state index contributed by atoms with van der Waals surface area (Å²) in [7, 11) is 0. The third kappa shape index (κ3) is 4.17. The molecular formula is C16H22FNO3. The smallest absolute Gasteiger partial charge is 0.410 e. The van der Waals surface area contributed by atoms with Gasteiger partial charge in [0.15, 0.2) is 0 Å². The van der Waals surface area contributed by atoms with Gasteiger partial charge in [0.05, 0.1) is 12.1 Å². The molecule has 0 spiro atoms. The maximum atomic E-state index is 12.9. The summed E-state index contributed by atoms with van der Waals surface area (Å²) in [4.78, 5) is 13.8. The number of aliphatic hydroxyl groups excluding tert-OH is 1. The molecule has 4 nitrogen and oxygen atoms in total. The van der Waals surface area contributed by atoms with E-state index in [1.165, 1.54) is 12.1 Å². The van der Waals surface area contributed by atoms with E-state index in [9.17, 15) is 14.3 Å². The maximum absolute atomic E-state index is 12.9. The number of rotatable bonds is 5. The molecule has 1 aliphatic rings. The van der Waals surface area contributed by atoms with Crippen LogP contribution in [0.2, 0.25) is 0 Å². The van der Waals surface area contributed by atoms with Crippen molar-refractivity contribution in [2.45, 2.75) is 51.4 Å². The Morgan fingerprint density at radius 2 is 2.05 bits per heavy atom. The van der Waals surface area contributed by atoms with Crippen LogP contribution < -0.4 is 0 Å². The molecule has 0 aliphatic carbocycles. The minimum absolute atomic E-state index is 0.122. The van der Waals surface area contributed by atoms with Gasteiger partial charge in [-0.3, -0.25) is 0 Å². The fourth-order valence-corrected chi connectivity index (χ4v) is 2.55. The topological polar surface area (TPSA) is 49.8 Å².